The summed E-state index contributed by atoms with van der Waals surface area (Å²) in [4.78, 5) is 13.1. The molecule has 31 heavy (non-hydrogen) atoms. The van der Waals surface area contributed by atoms with Gasteiger partial charge in [0.25, 0.3) is 5.91 Å². The fourth-order valence-corrected chi connectivity index (χ4v) is 5.61. The molecular formula is C24H32N2O4S. The van der Waals surface area contributed by atoms with Crippen molar-refractivity contribution < 1.29 is 17.9 Å². The molecule has 6 nitrogen and oxygen atoms in total. The SMILES string of the molecule is COc1cc(C)c([C@@H](C)NC(=O)c2cccc(S(=O)(=O)N3CCCC3)c2)cc1C(C)C. The first-order valence-electron chi connectivity index (χ1n) is 10.7. The van der Waals surface area contributed by atoms with Gasteiger partial charge in [0.2, 0.25) is 10.0 Å². The Morgan fingerprint density at radius 3 is 2.35 bits per heavy atom. The van der Waals surface area contributed by atoms with Crippen LogP contribution in [0, 0.1) is 6.92 Å². The third-order valence-corrected chi connectivity index (χ3v) is 7.75. The number of carbonyl (C=O) groups is 1. The molecule has 1 amide bonds. The molecule has 0 saturated carbocycles. The van der Waals surface area contributed by atoms with Gasteiger partial charge in [0.15, 0.2) is 0 Å². The lowest BCUT2D eigenvalue weighted by Crippen LogP contribution is -2.29. The highest BCUT2D eigenvalue weighted by Crippen LogP contribution is 2.32. The van der Waals surface area contributed by atoms with Crippen molar-refractivity contribution >= 4 is 15.9 Å². The molecule has 1 atom stereocenters. The van der Waals surface area contributed by atoms with Crippen LogP contribution in [-0.4, -0.2) is 38.8 Å². The second kappa shape index (κ2) is 9.40. The number of sulfonamides is 1. The van der Waals surface area contributed by atoms with Crippen molar-refractivity contribution in [3.8, 4) is 5.75 Å². The van der Waals surface area contributed by atoms with E-state index in [1.807, 2.05) is 19.9 Å². The maximum atomic E-state index is 12.9. The van der Waals surface area contributed by atoms with E-state index in [9.17, 15) is 13.2 Å². The van der Waals surface area contributed by atoms with Gasteiger partial charge in [-0.2, -0.15) is 4.31 Å². The molecule has 3 rings (SSSR count). The van der Waals surface area contributed by atoms with Crippen LogP contribution in [0.5, 0.6) is 5.75 Å². The van der Waals surface area contributed by atoms with Crippen LogP contribution < -0.4 is 10.1 Å². The molecule has 168 valence electrons. The highest BCUT2D eigenvalue weighted by atomic mass is 32.2. The number of carbonyl (C=O) groups excluding carboxylic acids is 1. The van der Waals surface area contributed by atoms with Crippen LogP contribution in [0.2, 0.25) is 0 Å². The lowest BCUT2D eigenvalue weighted by molar-refractivity contribution is 0.0939. The monoisotopic (exact) mass is 444 g/mol. The first-order chi connectivity index (χ1) is 14.6. The molecule has 1 fully saturated rings. The number of nitrogens with one attached hydrogen (secondary N) is 1. The molecule has 1 aliphatic heterocycles. The highest BCUT2D eigenvalue weighted by Gasteiger charge is 2.28. The fourth-order valence-electron chi connectivity index (χ4n) is 4.04. The minimum atomic E-state index is -3.57. The Labute approximate surface area is 185 Å². The lowest BCUT2D eigenvalue weighted by Gasteiger charge is -2.21. The van der Waals surface area contributed by atoms with Gasteiger partial charge in [-0.25, -0.2) is 8.42 Å². The van der Waals surface area contributed by atoms with Crippen LogP contribution in [-0.2, 0) is 10.0 Å². The van der Waals surface area contributed by atoms with Gasteiger partial charge in [-0.15, -0.1) is 0 Å². The first-order valence-corrected chi connectivity index (χ1v) is 12.2. The number of amides is 1. The highest BCUT2D eigenvalue weighted by molar-refractivity contribution is 7.89. The molecular weight excluding hydrogens is 412 g/mol. The quantitative estimate of drug-likeness (QED) is 0.687. The Kier molecular flexibility index (Phi) is 7.06. The van der Waals surface area contributed by atoms with Crippen molar-refractivity contribution in [2.45, 2.75) is 57.4 Å². The summed E-state index contributed by atoms with van der Waals surface area (Å²) in [5.74, 6) is 0.826. The van der Waals surface area contributed by atoms with Gasteiger partial charge in [-0.3, -0.25) is 4.79 Å². The zero-order valence-electron chi connectivity index (χ0n) is 18.9. The van der Waals surface area contributed by atoms with Crippen molar-refractivity contribution in [1.29, 1.82) is 0 Å². The van der Waals surface area contributed by atoms with E-state index in [2.05, 4.69) is 25.2 Å². The van der Waals surface area contributed by atoms with Gasteiger partial charge < -0.3 is 10.1 Å². The largest absolute Gasteiger partial charge is 0.496 e. The Bertz CT molecular complexity index is 1060. The number of ether oxygens (including phenoxy) is 1. The third-order valence-electron chi connectivity index (χ3n) is 5.85. The Morgan fingerprint density at radius 2 is 1.74 bits per heavy atom. The molecule has 1 N–H and O–H groups in total. The van der Waals surface area contributed by atoms with Crippen molar-refractivity contribution in [2.75, 3.05) is 20.2 Å². The maximum Gasteiger partial charge on any atom is 0.251 e. The van der Waals surface area contributed by atoms with Gasteiger partial charge in [0, 0.05) is 18.7 Å². The topological polar surface area (TPSA) is 75.7 Å². The number of hydrogen-bond acceptors (Lipinski definition) is 4. The van der Waals surface area contributed by atoms with E-state index >= 15 is 0 Å². The van der Waals surface area contributed by atoms with E-state index in [1.54, 1.807) is 25.3 Å². The molecule has 2 aromatic rings. The molecule has 0 unspecified atom stereocenters. The maximum absolute atomic E-state index is 12.9. The molecule has 2 aromatic carbocycles. The second-order valence-corrected chi connectivity index (χ2v) is 10.4. The average Bonchev–Trinajstić information content (AvgIpc) is 3.29. The lowest BCUT2D eigenvalue weighted by atomic mass is 9.93. The van der Waals surface area contributed by atoms with Gasteiger partial charge >= 0.3 is 0 Å². The van der Waals surface area contributed by atoms with Crippen molar-refractivity contribution in [2.24, 2.45) is 0 Å². The fraction of sp³-hybridized carbons (Fsp3) is 0.458. The number of benzene rings is 2. The first kappa shape index (κ1) is 23.3. The normalized spacial score (nSPS) is 15.8. The van der Waals surface area contributed by atoms with E-state index in [1.165, 1.54) is 10.4 Å². The average molecular weight is 445 g/mol. The smallest absolute Gasteiger partial charge is 0.251 e. The minimum Gasteiger partial charge on any atom is -0.496 e. The van der Waals surface area contributed by atoms with Crippen LogP contribution in [0.4, 0.5) is 0 Å². The summed E-state index contributed by atoms with van der Waals surface area (Å²) < 4.78 is 32.7. The van der Waals surface area contributed by atoms with E-state index in [0.29, 0.717) is 18.7 Å². The summed E-state index contributed by atoms with van der Waals surface area (Å²) in [5.41, 5.74) is 3.46. The second-order valence-electron chi connectivity index (χ2n) is 8.44. The molecule has 0 bridgehead atoms. The molecule has 1 saturated heterocycles. The standard InChI is InChI=1S/C24H32N2O4S/c1-16(2)21-15-22(17(3)13-23(21)30-5)18(4)25-24(27)19-9-8-10-20(14-19)31(28,29)26-11-6-7-12-26/h8-10,13-16,18H,6-7,11-12H2,1-5H3,(H,25,27)/t18-/m1/s1. The van der Waals surface area contributed by atoms with E-state index < -0.39 is 10.0 Å². The Hall–Kier alpha value is -2.38. The zero-order chi connectivity index (χ0) is 22.8. The van der Waals surface area contributed by atoms with Gasteiger partial charge in [0.1, 0.15) is 5.75 Å². The van der Waals surface area contributed by atoms with Crippen molar-refractivity contribution in [3.63, 3.8) is 0 Å². The summed E-state index contributed by atoms with van der Waals surface area (Å²) >= 11 is 0. The van der Waals surface area contributed by atoms with Gasteiger partial charge in [0.05, 0.1) is 18.0 Å². The van der Waals surface area contributed by atoms with Crippen LogP contribution in [0.1, 0.15) is 72.6 Å². The van der Waals surface area contributed by atoms with Crippen LogP contribution >= 0.6 is 0 Å². The van der Waals surface area contributed by atoms with E-state index in [0.717, 1.165) is 35.3 Å². The van der Waals surface area contributed by atoms with Gasteiger partial charge in [-0.05, 0) is 79.6 Å². The van der Waals surface area contributed by atoms with Gasteiger partial charge in [-0.1, -0.05) is 19.9 Å². The number of rotatable bonds is 7. The molecule has 1 aliphatic rings. The van der Waals surface area contributed by atoms with E-state index in [-0.39, 0.29) is 22.8 Å². The molecule has 0 radical (unpaired) electrons. The summed E-state index contributed by atoms with van der Waals surface area (Å²) in [6, 6.07) is 10.1. The molecule has 1 heterocycles. The predicted octanol–water partition coefficient (Wildman–Crippen LogP) is 4.40. The number of nitrogens with zero attached hydrogens (tertiary/aromatic N) is 1. The van der Waals surface area contributed by atoms with Crippen LogP contribution in [0.3, 0.4) is 0 Å². The number of aryl methyl sites for hydroxylation is 1. The predicted molar refractivity (Wildman–Crippen MR) is 122 cm³/mol. The van der Waals surface area contributed by atoms with Crippen LogP contribution in [0.15, 0.2) is 41.3 Å². The number of hydrogen-bond donors (Lipinski definition) is 1. The Morgan fingerprint density at radius 1 is 1.06 bits per heavy atom. The molecule has 7 heteroatoms. The summed E-state index contributed by atoms with van der Waals surface area (Å²) in [7, 11) is -1.90. The third kappa shape index (κ3) is 4.93. The van der Waals surface area contributed by atoms with E-state index in [4.69, 9.17) is 4.74 Å². The summed E-state index contributed by atoms with van der Waals surface area (Å²) in [5, 5.41) is 3.02. The number of methoxy groups -OCH3 is 1. The molecule has 0 spiro atoms. The summed E-state index contributed by atoms with van der Waals surface area (Å²) in [6.07, 6.45) is 1.74. The minimum absolute atomic E-state index is 0.164. The Balaban J connectivity index is 1.83. The molecule has 0 aliphatic carbocycles. The van der Waals surface area contributed by atoms with Crippen molar-refractivity contribution in [1.82, 2.24) is 9.62 Å². The summed E-state index contributed by atoms with van der Waals surface area (Å²) in [6.45, 7) is 9.20. The zero-order valence-corrected chi connectivity index (χ0v) is 19.8. The van der Waals surface area contributed by atoms with Crippen molar-refractivity contribution in [3.05, 3.63) is 58.7 Å². The van der Waals surface area contributed by atoms with Crippen LogP contribution in [0.25, 0.3) is 0 Å². The molecule has 0 aromatic heterocycles.